The number of aryl methyl sites for hydroxylation is 1. The molecule has 3 heterocycles. The fourth-order valence-corrected chi connectivity index (χ4v) is 11.1. The number of benzene rings is 10. The maximum absolute atomic E-state index is 7.10. The van der Waals surface area contributed by atoms with E-state index in [1.54, 1.807) is 0 Å². The van der Waals surface area contributed by atoms with Crippen molar-refractivity contribution in [2.75, 3.05) is 0 Å². The van der Waals surface area contributed by atoms with Crippen molar-refractivity contribution in [1.82, 2.24) is 4.57 Å². The largest absolute Gasteiger partial charge is 0.455 e. The molecule has 310 valence electrons. The number of nitrogens with zero attached hydrogens (tertiary/aromatic N) is 3. The molecule has 0 saturated heterocycles. The van der Waals surface area contributed by atoms with E-state index >= 15 is 0 Å². The SMILES string of the molecule is C1=Cc2cc(C3=C/CC/C(c4cc5ccccc5c5ccccc45)=N/C(c4c(-n5c6ccccc6c6cc7ccccc7cc65)ccc5c4oc4ccccc45)=N\3)c3ccccc3c2CC1. The van der Waals surface area contributed by atoms with Crippen LogP contribution in [0.1, 0.15) is 47.1 Å². The summed E-state index contributed by atoms with van der Waals surface area (Å²) in [6.07, 6.45) is 10.5. The van der Waals surface area contributed by atoms with Gasteiger partial charge in [-0.15, -0.1) is 0 Å². The second-order valence-corrected chi connectivity index (χ2v) is 17.8. The van der Waals surface area contributed by atoms with Gasteiger partial charge in [0.05, 0.1) is 33.7 Å². The van der Waals surface area contributed by atoms with Gasteiger partial charge in [-0.3, -0.25) is 0 Å². The van der Waals surface area contributed by atoms with E-state index in [0.717, 1.165) is 92.4 Å². The third-order valence-corrected chi connectivity index (χ3v) is 14.1. The van der Waals surface area contributed by atoms with Crippen LogP contribution in [-0.2, 0) is 6.42 Å². The molecular formula is C62H41N3O. The highest BCUT2D eigenvalue weighted by molar-refractivity contribution is 6.26. The number of hydrogen-bond donors (Lipinski definition) is 0. The van der Waals surface area contributed by atoms with Crippen LogP contribution in [0.25, 0.3) is 104 Å². The molecule has 0 saturated carbocycles. The minimum Gasteiger partial charge on any atom is -0.455 e. The molecule has 4 heteroatoms. The molecule has 0 amide bonds. The highest BCUT2D eigenvalue weighted by Gasteiger charge is 2.26. The van der Waals surface area contributed by atoms with E-state index in [1.807, 2.05) is 6.07 Å². The zero-order valence-corrected chi connectivity index (χ0v) is 36.1. The maximum Gasteiger partial charge on any atom is 0.165 e. The van der Waals surface area contributed by atoms with Gasteiger partial charge < -0.3 is 8.98 Å². The monoisotopic (exact) mass is 843 g/mol. The lowest BCUT2D eigenvalue weighted by Crippen LogP contribution is -2.13. The molecule has 0 radical (unpaired) electrons. The molecule has 0 atom stereocenters. The van der Waals surface area contributed by atoms with Crippen molar-refractivity contribution < 1.29 is 4.42 Å². The molecule has 0 bridgehead atoms. The van der Waals surface area contributed by atoms with Crippen LogP contribution in [0.5, 0.6) is 0 Å². The Hall–Kier alpha value is -8.34. The van der Waals surface area contributed by atoms with Gasteiger partial charge in [0.25, 0.3) is 0 Å². The predicted octanol–water partition coefficient (Wildman–Crippen LogP) is 16.3. The van der Waals surface area contributed by atoms with E-state index in [4.69, 9.17) is 14.4 Å². The molecule has 0 N–H and O–H groups in total. The average molecular weight is 844 g/mol. The van der Waals surface area contributed by atoms with Gasteiger partial charge in [-0.2, -0.15) is 0 Å². The molecule has 0 spiro atoms. The van der Waals surface area contributed by atoms with E-state index in [0.29, 0.717) is 5.84 Å². The molecule has 2 aromatic heterocycles. The fraction of sp³-hybridized carbons (Fsp3) is 0.0645. The summed E-state index contributed by atoms with van der Waals surface area (Å²) in [4.78, 5) is 11.8. The molecule has 4 nitrogen and oxygen atoms in total. The summed E-state index contributed by atoms with van der Waals surface area (Å²) < 4.78 is 9.52. The summed E-state index contributed by atoms with van der Waals surface area (Å²) in [5, 5.41) is 14.2. The van der Waals surface area contributed by atoms with Crippen LogP contribution in [-0.4, -0.2) is 16.1 Å². The van der Waals surface area contributed by atoms with Crippen molar-refractivity contribution >= 4 is 110 Å². The van der Waals surface area contributed by atoms with Crippen molar-refractivity contribution in [1.29, 1.82) is 0 Å². The van der Waals surface area contributed by atoms with Gasteiger partial charge in [0, 0.05) is 32.7 Å². The molecular weight excluding hydrogens is 803 g/mol. The van der Waals surface area contributed by atoms with Crippen molar-refractivity contribution in [3.8, 4) is 5.69 Å². The lowest BCUT2D eigenvalue weighted by Gasteiger charge is -2.20. The number of allylic oxidation sites excluding steroid dienone is 2. The highest BCUT2D eigenvalue weighted by atomic mass is 16.3. The second kappa shape index (κ2) is 14.6. The number of hydrogen-bond acceptors (Lipinski definition) is 3. The molecule has 12 aromatic rings. The number of rotatable bonds is 4. The number of furan rings is 1. The van der Waals surface area contributed by atoms with Crippen LogP contribution in [0.3, 0.4) is 0 Å². The smallest absolute Gasteiger partial charge is 0.165 e. The molecule has 0 unspecified atom stereocenters. The number of aromatic nitrogens is 1. The molecule has 1 aliphatic heterocycles. The number of amidine groups is 1. The van der Waals surface area contributed by atoms with Crippen LogP contribution in [0, 0.1) is 0 Å². The quantitative estimate of drug-likeness (QED) is 0.163. The van der Waals surface area contributed by atoms with E-state index in [2.05, 4.69) is 199 Å². The van der Waals surface area contributed by atoms with Gasteiger partial charge in [0.15, 0.2) is 5.84 Å². The van der Waals surface area contributed by atoms with Crippen LogP contribution in [0.4, 0.5) is 0 Å². The first-order valence-electron chi connectivity index (χ1n) is 23.1. The molecule has 0 fully saturated rings. The first-order valence-corrected chi connectivity index (χ1v) is 23.1. The summed E-state index contributed by atoms with van der Waals surface area (Å²) in [5.41, 5.74) is 12.5. The fourth-order valence-electron chi connectivity index (χ4n) is 11.1. The zero-order chi connectivity index (χ0) is 43.3. The Morgan fingerprint density at radius 2 is 1.14 bits per heavy atom. The van der Waals surface area contributed by atoms with Crippen molar-refractivity contribution in [2.24, 2.45) is 9.98 Å². The van der Waals surface area contributed by atoms with Crippen LogP contribution in [0.2, 0.25) is 0 Å². The topological polar surface area (TPSA) is 42.8 Å². The standard InChI is InChI=1S/C62H41N3O/c1-2-17-39-37-58-53(34-38(39)16-1)48-26-11-13-30-56(48)65(58)57-33-32-50-49-27-12-14-31-59(49)66-61(50)60(57)62-63-54(51-35-40-18-3-5-20-42(40)44-22-7-9-24-46(44)51)28-15-29-55(64-62)52-36-41-19-4-6-21-43(41)45-23-8-10-25-47(45)52/h1-5,7-14,16-20,22-27,29-37H,6,15,21,28H2/b55-29-,63-54-,64-62-. The first kappa shape index (κ1) is 37.1. The normalized spacial score (nSPS) is 16.7. The third-order valence-electron chi connectivity index (χ3n) is 14.1. The lowest BCUT2D eigenvalue weighted by molar-refractivity contribution is 0.667. The van der Waals surface area contributed by atoms with Crippen molar-refractivity contribution in [3.05, 3.63) is 222 Å². The Labute approximate surface area is 380 Å². The number of aliphatic imine (C=N–C) groups is 2. The molecule has 1 aliphatic carbocycles. The Bertz CT molecular complexity index is 4170. The van der Waals surface area contributed by atoms with Crippen LogP contribution >= 0.6 is 0 Å². The zero-order valence-electron chi connectivity index (χ0n) is 36.1. The Morgan fingerprint density at radius 3 is 1.98 bits per heavy atom. The minimum absolute atomic E-state index is 0.622. The van der Waals surface area contributed by atoms with Gasteiger partial charge in [-0.1, -0.05) is 152 Å². The van der Waals surface area contributed by atoms with Crippen molar-refractivity contribution in [3.63, 3.8) is 0 Å². The maximum atomic E-state index is 7.10. The minimum atomic E-state index is 0.622. The molecule has 14 rings (SSSR count). The average Bonchev–Trinajstić information content (AvgIpc) is 3.90. The Kier molecular flexibility index (Phi) is 8.20. The van der Waals surface area contributed by atoms with Gasteiger partial charge in [-0.05, 0) is 128 Å². The third kappa shape index (κ3) is 5.64. The summed E-state index contributed by atoms with van der Waals surface area (Å²) >= 11 is 0. The predicted molar refractivity (Wildman–Crippen MR) is 279 cm³/mol. The summed E-state index contributed by atoms with van der Waals surface area (Å²) in [6, 6.07) is 66.0. The van der Waals surface area contributed by atoms with Crippen LogP contribution in [0.15, 0.2) is 209 Å². The highest BCUT2D eigenvalue weighted by Crippen LogP contribution is 2.42. The molecule has 66 heavy (non-hydrogen) atoms. The second-order valence-electron chi connectivity index (χ2n) is 17.8. The van der Waals surface area contributed by atoms with E-state index in [-0.39, 0.29) is 0 Å². The number of fused-ring (bicyclic) bond motifs is 13. The molecule has 2 aliphatic rings. The van der Waals surface area contributed by atoms with Gasteiger partial charge >= 0.3 is 0 Å². The van der Waals surface area contributed by atoms with E-state index in [9.17, 15) is 0 Å². The van der Waals surface area contributed by atoms with Crippen LogP contribution < -0.4 is 0 Å². The lowest BCUT2D eigenvalue weighted by atomic mass is 9.88. The summed E-state index contributed by atoms with van der Waals surface area (Å²) in [7, 11) is 0. The van der Waals surface area contributed by atoms with Gasteiger partial charge in [-0.25, -0.2) is 9.98 Å². The first-order chi connectivity index (χ1) is 32.7. The number of para-hydroxylation sites is 2. The van der Waals surface area contributed by atoms with Gasteiger partial charge in [0.2, 0.25) is 0 Å². The van der Waals surface area contributed by atoms with E-state index < -0.39 is 0 Å². The summed E-state index contributed by atoms with van der Waals surface area (Å²) in [6.45, 7) is 0. The summed E-state index contributed by atoms with van der Waals surface area (Å²) in [5.74, 6) is 0.622. The van der Waals surface area contributed by atoms with Crippen molar-refractivity contribution in [2.45, 2.75) is 25.7 Å². The molecule has 10 aromatic carbocycles. The van der Waals surface area contributed by atoms with E-state index in [1.165, 1.54) is 65.0 Å². The Balaban J connectivity index is 1.13. The Morgan fingerprint density at radius 1 is 0.455 bits per heavy atom. The van der Waals surface area contributed by atoms with Gasteiger partial charge in [0.1, 0.15) is 11.2 Å².